The number of nitrogens with one attached hydrogen (secondary N) is 2. The minimum Gasteiger partial charge on any atom is -0.336 e. The fourth-order valence-electron chi connectivity index (χ4n) is 3.40. The molecule has 0 aliphatic rings. The van der Waals surface area contributed by atoms with Crippen LogP contribution in [-0.2, 0) is 13.0 Å². The van der Waals surface area contributed by atoms with Gasteiger partial charge in [-0.2, -0.15) is 0 Å². The number of aryl methyl sites for hydroxylation is 1. The van der Waals surface area contributed by atoms with E-state index in [1.54, 1.807) is 12.1 Å². The van der Waals surface area contributed by atoms with Crippen LogP contribution in [0.2, 0.25) is 0 Å². The summed E-state index contributed by atoms with van der Waals surface area (Å²) in [5, 5.41) is 5.74. The Labute approximate surface area is 174 Å². The van der Waals surface area contributed by atoms with Crippen molar-refractivity contribution in [1.29, 1.82) is 0 Å². The van der Waals surface area contributed by atoms with Gasteiger partial charge in [0.15, 0.2) is 0 Å². The Morgan fingerprint density at radius 1 is 1.00 bits per heavy atom. The number of carbonyl (C=O) groups is 1. The van der Waals surface area contributed by atoms with Crippen LogP contribution in [0.3, 0.4) is 0 Å². The number of hydrogen-bond acceptors (Lipinski definition) is 2. The highest BCUT2D eigenvalue weighted by Crippen LogP contribution is 2.24. The number of urea groups is 1. The number of rotatable bonds is 6. The molecule has 0 aliphatic heterocycles. The molecule has 4 aromatic rings. The van der Waals surface area contributed by atoms with Gasteiger partial charge in [-0.15, -0.1) is 0 Å². The van der Waals surface area contributed by atoms with Crippen LogP contribution in [0.1, 0.15) is 12.5 Å². The molecule has 6 heteroatoms. The SMILES string of the molecule is CCc1ccc(NC(=O)NCCn2c(-c3ccc(F)cc3)nc3ccccc32)cc1. The summed E-state index contributed by atoms with van der Waals surface area (Å²) in [5.41, 5.74) is 4.63. The van der Waals surface area contributed by atoms with Gasteiger partial charge in [0.2, 0.25) is 0 Å². The Balaban J connectivity index is 1.47. The largest absolute Gasteiger partial charge is 0.336 e. The predicted molar refractivity (Wildman–Crippen MR) is 118 cm³/mol. The van der Waals surface area contributed by atoms with Crippen LogP contribution in [-0.4, -0.2) is 22.1 Å². The smallest absolute Gasteiger partial charge is 0.319 e. The summed E-state index contributed by atoms with van der Waals surface area (Å²) in [6.07, 6.45) is 0.960. The summed E-state index contributed by atoms with van der Waals surface area (Å²) >= 11 is 0. The van der Waals surface area contributed by atoms with Crippen molar-refractivity contribution >= 4 is 22.8 Å². The van der Waals surface area contributed by atoms with E-state index in [-0.39, 0.29) is 11.8 Å². The normalized spacial score (nSPS) is 10.9. The third-order valence-electron chi connectivity index (χ3n) is 5.00. The van der Waals surface area contributed by atoms with Crippen LogP contribution < -0.4 is 10.6 Å². The molecule has 0 bridgehead atoms. The van der Waals surface area contributed by atoms with Gasteiger partial charge in [-0.05, 0) is 60.5 Å². The molecule has 2 N–H and O–H groups in total. The number of hydrogen-bond donors (Lipinski definition) is 2. The van der Waals surface area contributed by atoms with Gasteiger partial charge >= 0.3 is 6.03 Å². The molecule has 0 spiro atoms. The zero-order valence-corrected chi connectivity index (χ0v) is 16.7. The van der Waals surface area contributed by atoms with Crippen LogP contribution in [0, 0.1) is 5.82 Å². The molecule has 5 nitrogen and oxygen atoms in total. The number of anilines is 1. The summed E-state index contributed by atoms with van der Waals surface area (Å²) in [5.74, 6) is 0.459. The van der Waals surface area contributed by atoms with Crippen molar-refractivity contribution in [3.8, 4) is 11.4 Å². The fraction of sp³-hybridized carbons (Fsp3) is 0.167. The lowest BCUT2D eigenvalue weighted by Crippen LogP contribution is -2.31. The molecule has 1 heterocycles. The standard InChI is InChI=1S/C24H23FN4O/c1-2-17-7-13-20(14-8-17)27-24(30)26-15-16-29-22-6-4-3-5-21(22)28-23(29)18-9-11-19(25)12-10-18/h3-14H,2,15-16H2,1H3,(H2,26,27,30). The second-order valence-corrected chi connectivity index (χ2v) is 7.01. The van der Waals surface area contributed by atoms with Gasteiger partial charge in [0, 0.05) is 24.3 Å². The molecule has 0 radical (unpaired) electrons. The first kappa shape index (κ1) is 19.6. The quantitative estimate of drug-likeness (QED) is 0.464. The zero-order valence-electron chi connectivity index (χ0n) is 16.7. The molecule has 0 saturated carbocycles. The highest BCUT2D eigenvalue weighted by Gasteiger charge is 2.12. The van der Waals surface area contributed by atoms with E-state index in [2.05, 4.69) is 17.6 Å². The monoisotopic (exact) mass is 402 g/mol. The van der Waals surface area contributed by atoms with E-state index < -0.39 is 0 Å². The van der Waals surface area contributed by atoms with E-state index in [1.165, 1.54) is 17.7 Å². The van der Waals surface area contributed by atoms with Gasteiger partial charge in [0.25, 0.3) is 0 Å². The Bertz CT molecular complexity index is 1150. The first-order chi connectivity index (χ1) is 14.6. The fourth-order valence-corrected chi connectivity index (χ4v) is 3.40. The Morgan fingerprint density at radius 2 is 1.73 bits per heavy atom. The minimum atomic E-state index is -0.285. The number of carbonyl (C=O) groups excluding carboxylic acids is 1. The maximum atomic E-state index is 13.3. The van der Waals surface area contributed by atoms with Gasteiger partial charge in [0.1, 0.15) is 11.6 Å². The van der Waals surface area contributed by atoms with Crippen LogP contribution in [0.4, 0.5) is 14.9 Å². The summed E-state index contributed by atoms with van der Waals surface area (Å²) in [6, 6.07) is 21.6. The van der Waals surface area contributed by atoms with E-state index in [9.17, 15) is 9.18 Å². The van der Waals surface area contributed by atoms with Crippen molar-refractivity contribution in [2.24, 2.45) is 0 Å². The zero-order chi connectivity index (χ0) is 20.9. The lowest BCUT2D eigenvalue weighted by atomic mass is 10.1. The maximum absolute atomic E-state index is 13.3. The van der Waals surface area contributed by atoms with Crippen molar-refractivity contribution in [3.05, 3.63) is 84.2 Å². The molecule has 2 amide bonds. The first-order valence-corrected chi connectivity index (χ1v) is 9.99. The molecular weight excluding hydrogens is 379 g/mol. The molecular formula is C24H23FN4O. The van der Waals surface area contributed by atoms with Crippen molar-refractivity contribution < 1.29 is 9.18 Å². The van der Waals surface area contributed by atoms with Gasteiger partial charge in [-0.25, -0.2) is 14.2 Å². The number of para-hydroxylation sites is 2. The molecule has 4 rings (SSSR count). The molecule has 0 aliphatic carbocycles. The number of nitrogens with zero attached hydrogens (tertiary/aromatic N) is 2. The van der Waals surface area contributed by atoms with Crippen LogP contribution in [0.25, 0.3) is 22.4 Å². The average molecular weight is 402 g/mol. The van der Waals surface area contributed by atoms with E-state index in [4.69, 9.17) is 4.98 Å². The second kappa shape index (κ2) is 8.78. The van der Waals surface area contributed by atoms with E-state index >= 15 is 0 Å². The molecule has 0 unspecified atom stereocenters. The number of imidazole rings is 1. The summed E-state index contributed by atoms with van der Waals surface area (Å²) < 4.78 is 15.4. The molecule has 0 saturated heterocycles. The number of fused-ring (bicyclic) bond motifs is 1. The third kappa shape index (κ3) is 4.33. The molecule has 0 fully saturated rings. The van der Waals surface area contributed by atoms with Gasteiger partial charge < -0.3 is 15.2 Å². The number of aromatic nitrogens is 2. The summed E-state index contributed by atoms with van der Waals surface area (Å²) in [6.45, 7) is 3.05. The summed E-state index contributed by atoms with van der Waals surface area (Å²) in [4.78, 5) is 17.0. The molecule has 0 atom stereocenters. The lowest BCUT2D eigenvalue weighted by Gasteiger charge is -2.12. The van der Waals surface area contributed by atoms with E-state index in [1.807, 2.05) is 53.1 Å². The highest BCUT2D eigenvalue weighted by molar-refractivity contribution is 5.89. The highest BCUT2D eigenvalue weighted by atomic mass is 19.1. The Hall–Kier alpha value is -3.67. The lowest BCUT2D eigenvalue weighted by molar-refractivity contribution is 0.251. The van der Waals surface area contributed by atoms with Crippen molar-refractivity contribution in [3.63, 3.8) is 0 Å². The van der Waals surface area contributed by atoms with Gasteiger partial charge in [-0.1, -0.05) is 31.2 Å². The number of benzene rings is 3. The predicted octanol–water partition coefficient (Wildman–Crippen LogP) is 5.23. The van der Waals surface area contributed by atoms with Crippen LogP contribution >= 0.6 is 0 Å². The van der Waals surface area contributed by atoms with Gasteiger partial charge in [0.05, 0.1) is 11.0 Å². The van der Waals surface area contributed by atoms with Gasteiger partial charge in [-0.3, -0.25) is 0 Å². The topological polar surface area (TPSA) is 59.0 Å². The summed E-state index contributed by atoms with van der Waals surface area (Å²) in [7, 11) is 0. The molecule has 152 valence electrons. The van der Waals surface area contributed by atoms with Crippen molar-refractivity contribution in [2.75, 3.05) is 11.9 Å². The Morgan fingerprint density at radius 3 is 2.47 bits per heavy atom. The first-order valence-electron chi connectivity index (χ1n) is 9.99. The van der Waals surface area contributed by atoms with E-state index in [0.29, 0.717) is 13.1 Å². The van der Waals surface area contributed by atoms with E-state index in [0.717, 1.165) is 34.5 Å². The molecule has 30 heavy (non-hydrogen) atoms. The van der Waals surface area contributed by atoms with Crippen molar-refractivity contribution in [2.45, 2.75) is 19.9 Å². The van der Waals surface area contributed by atoms with Crippen molar-refractivity contribution in [1.82, 2.24) is 14.9 Å². The van der Waals surface area contributed by atoms with Crippen LogP contribution in [0.5, 0.6) is 0 Å². The molecule has 3 aromatic carbocycles. The third-order valence-corrected chi connectivity index (χ3v) is 5.00. The van der Waals surface area contributed by atoms with Crippen LogP contribution in [0.15, 0.2) is 72.8 Å². The average Bonchev–Trinajstić information content (AvgIpc) is 3.13. The Kier molecular flexibility index (Phi) is 5.75. The minimum absolute atomic E-state index is 0.257. The maximum Gasteiger partial charge on any atom is 0.319 e. The number of amides is 2. The number of halogens is 1. The molecule has 1 aromatic heterocycles. The second-order valence-electron chi connectivity index (χ2n) is 7.01.